The topological polar surface area (TPSA) is 73.8 Å². The molecule has 0 saturated heterocycles. The molecule has 2 amide bonds. The van der Waals surface area contributed by atoms with Gasteiger partial charge < -0.3 is 10.6 Å². The molecule has 1 aliphatic rings. The van der Waals surface area contributed by atoms with E-state index in [0.29, 0.717) is 24.2 Å². The SMILES string of the molecule is CCCCNC(=NCCCCN1C(=O)c2ccccc2C1=O)NCC. The number of nitrogens with zero attached hydrogens (tertiary/aromatic N) is 2. The summed E-state index contributed by atoms with van der Waals surface area (Å²) >= 11 is 0. The molecule has 1 heterocycles. The van der Waals surface area contributed by atoms with Crippen LogP contribution in [0.3, 0.4) is 0 Å². The van der Waals surface area contributed by atoms with Crippen LogP contribution in [0.5, 0.6) is 0 Å². The third kappa shape index (κ3) is 5.05. The number of imide groups is 1. The van der Waals surface area contributed by atoms with Crippen molar-refractivity contribution in [1.29, 1.82) is 0 Å². The number of hydrogen-bond acceptors (Lipinski definition) is 3. The standard InChI is InChI=1S/C19H28N4O2/c1-3-5-12-21-19(20-4-2)22-13-8-9-14-23-17(24)15-10-6-7-11-16(15)18(23)25/h6-7,10-11H,3-5,8-9,12-14H2,1-2H3,(H2,20,21,22). The van der Waals surface area contributed by atoms with Crippen molar-refractivity contribution in [2.45, 2.75) is 39.5 Å². The Kier molecular flexibility index (Phi) is 7.44. The molecule has 1 aromatic carbocycles. The van der Waals surface area contributed by atoms with E-state index >= 15 is 0 Å². The number of carbonyl (C=O) groups is 2. The van der Waals surface area contributed by atoms with Crippen LogP contribution in [-0.2, 0) is 0 Å². The van der Waals surface area contributed by atoms with Gasteiger partial charge in [0.05, 0.1) is 11.1 Å². The van der Waals surface area contributed by atoms with E-state index in [0.717, 1.165) is 44.7 Å². The van der Waals surface area contributed by atoms with Gasteiger partial charge in [0.2, 0.25) is 0 Å². The molecule has 25 heavy (non-hydrogen) atoms. The van der Waals surface area contributed by atoms with Crippen molar-refractivity contribution < 1.29 is 9.59 Å². The highest BCUT2D eigenvalue weighted by atomic mass is 16.2. The lowest BCUT2D eigenvalue weighted by Crippen LogP contribution is -2.37. The molecule has 0 atom stereocenters. The quantitative estimate of drug-likeness (QED) is 0.312. The molecule has 1 aromatic rings. The molecular formula is C19H28N4O2. The number of amides is 2. The highest BCUT2D eigenvalue weighted by Gasteiger charge is 2.34. The van der Waals surface area contributed by atoms with Crippen molar-refractivity contribution in [2.75, 3.05) is 26.2 Å². The molecule has 0 fully saturated rings. The molecule has 2 N–H and O–H groups in total. The first-order valence-corrected chi connectivity index (χ1v) is 9.16. The van der Waals surface area contributed by atoms with Crippen molar-refractivity contribution in [3.05, 3.63) is 35.4 Å². The predicted molar refractivity (Wildman–Crippen MR) is 99.9 cm³/mol. The molecule has 0 bridgehead atoms. The van der Waals surface area contributed by atoms with Gasteiger partial charge in [-0.25, -0.2) is 0 Å². The van der Waals surface area contributed by atoms with E-state index in [-0.39, 0.29) is 11.8 Å². The summed E-state index contributed by atoms with van der Waals surface area (Å²) in [6.45, 7) is 7.06. The summed E-state index contributed by atoms with van der Waals surface area (Å²) in [6.07, 6.45) is 3.85. The molecule has 6 nitrogen and oxygen atoms in total. The Morgan fingerprint density at radius 2 is 1.68 bits per heavy atom. The van der Waals surface area contributed by atoms with Crippen LogP contribution in [0.15, 0.2) is 29.3 Å². The number of rotatable bonds is 9. The summed E-state index contributed by atoms with van der Waals surface area (Å²) in [4.78, 5) is 30.4. The van der Waals surface area contributed by atoms with Gasteiger partial charge in [-0.15, -0.1) is 0 Å². The zero-order valence-corrected chi connectivity index (χ0v) is 15.2. The number of fused-ring (bicyclic) bond motifs is 1. The van der Waals surface area contributed by atoms with Crippen LogP contribution >= 0.6 is 0 Å². The second-order valence-corrected chi connectivity index (χ2v) is 6.06. The molecule has 2 rings (SSSR count). The van der Waals surface area contributed by atoms with Crippen LogP contribution in [0, 0.1) is 0 Å². The Bertz CT molecular complexity index is 593. The molecule has 0 radical (unpaired) electrons. The van der Waals surface area contributed by atoms with Crippen molar-refractivity contribution in [3.8, 4) is 0 Å². The zero-order valence-electron chi connectivity index (χ0n) is 15.2. The molecule has 0 unspecified atom stereocenters. The molecule has 1 aliphatic heterocycles. The summed E-state index contributed by atoms with van der Waals surface area (Å²) < 4.78 is 0. The maximum Gasteiger partial charge on any atom is 0.261 e. The molecule has 0 spiro atoms. The number of guanidine groups is 1. The van der Waals surface area contributed by atoms with Crippen LogP contribution in [0.1, 0.15) is 60.2 Å². The van der Waals surface area contributed by atoms with Gasteiger partial charge in [-0.05, 0) is 38.3 Å². The third-order valence-electron chi connectivity index (χ3n) is 4.10. The van der Waals surface area contributed by atoms with E-state index in [1.165, 1.54) is 4.90 Å². The number of aliphatic imine (C=N–C) groups is 1. The largest absolute Gasteiger partial charge is 0.357 e. The van der Waals surface area contributed by atoms with Crippen molar-refractivity contribution in [2.24, 2.45) is 4.99 Å². The average molecular weight is 344 g/mol. The van der Waals surface area contributed by atoms with Crippen LogP contribution in [-0.4, -0.2) is 48.9 Å². The molecule has 0 saturated carbocycles. The Hall–Kier alpha value is -2.37. The predicted octanol–water partition coefficient (Wildman–Crippen LogP) is 2.42. The summed E-state index contributed by atoms with van der Waals surface area (Å²) in [5.74, 6) is 0.467. The number of carbonyl (C=O) groups excluding carboxylic acids is 2. The van der Waals surface area contributed by atoms with Gasteiger partial charge in [0, 0.05) is 26.2 Å². The number of unbranched alkanes of at least 4 members (excludes halogenated alkanes) is 2. The number of nitrogens with one attached hydrogen (secondary N) is 2. The summed E-state index contributed by atoms with van der Waals surface area (Å²) in [7, 11) is 0. The summed E-state index contributed by atoms with van der Waals surface area (Å²) in [5, 5.41) is 6.52. The minimum absolute atomic E-state index is 0.182. The van der Waals surface area contributed by atoms with Crippen molar-refractivity contribution >= 4 is 17.8 Å². The van der Waals surface area contributed by atoms with E-state index in [1.807, 2.05) is 6.92 Å². The van der Waals surface area contributed by atoms with Gasteiger partial charge in [0.1, 0.15) is 0 Å². The minimum Gasteiger partial charge on any atom is -0.357 e. The fraction of sp³-hybridized carbons (Fsp3) is 0.526. The van der Waals surface area contributed by atoms with Crippen LogP contribution in [0.4, 0.5) is 0 Å². The normalized spacial score (nSPS) is 14.0. The fourth-order valence-corrected chi connectivity index (χ4v) is 2.74. The Morgan fingerprint density at radius 1 is 1.00 bits per heavy atom. The Morgan fingerprint density at radius 3 is 2.28 bits per heavy atom. The minimum atomic E-state index is -0.182. The summed E-state index contributed by atoms with van der Waals surface area (Å²) in [5.41, 5.74) is 1.03. The van der Waals surface area contributed by atoms with Crippen LogP contribution in [0.25, 0.3) is 0 Å². The van der Waals surface area contributed by atoms with Crippen LogP contribution in [0.2, 0.25) is 0 Å². The molecule has 0 aliphatic carbocycles. The fourth-order valence-electron chi connectivity index (χ4n) is 2.74. The average Bonchev–Trinajstić information content (AvgIpc) is 2.86. The lowest BCUT2D eigenvalue weighted by Gasteiger charge is -2.13. The van der Waals surface area contributed by atoms with E-state index < -0.39 is 0 Å². The van der Waals surface area contributed by atoms with E-state index in [1.54, 1.807) is 24.3 Å². The molecule has 136 valence electrons. The maximum atomic E-state index is 12.3. The third-order valence-corrected chi connectivity index (χ3v) is 4.10. The molecule has 6 heteroatoms. The molecular weight excluding hydrogens is 316 g/mol. The van der Waals surface area contributed by atoms with Gasteiger partial charge in [-0.3, -0.25) is 19.5 Å². The first kappa shape index (κ1) is 19.0. The monoisotopic (exact) mass is 344 g/mol. The lowest BCUT2D eigenvalue weighted by molar-refractivity contribution is 0.0652. The highest BCUT2D eigenvalue weighted by Crippen LogP contribution is 2.22. The number of benzene rings is 1. The van der Waals surface area contributed by atoms with E-state index in [2.05, 4.69) is 22.5 Å². The van der Waals surface area contributed by atoms with E-state index in [4.69, 9.17) is 0 Å². The second-order valence-electron chi connectivity index (χ2n) is 6.06. The summed E-state index contributed by atoms with van der Waals surface area (Å²) in [6, 6.07) is 7.00. The maximum absolute atomic E-state index is 12.3. The van der Waals surface area contributed by atoms with Crippen molar-refractivity contribution in [3.63, 3.8) is 0 Å². The Labute approximate surface area is 149 Å². The first-order valence-electron chi connectivity index (χ1n) is 9.16. The van der Waals surface area contributed by atoms with Crippen molar-refractivity contribution in [1.82, 2.24) is 15.5 Å². The zero-order chi connectivity index (χ0) is 18.1. The van der Waals surface area contributed by atoms with Gasteiger partial charge >= 0.3 is 0 Å². The van der Waals surface area contributed by atoms with Crippen LogP contribution < -0.4 is 10.6 Å². The Balaban J connectivity index is 1.76. The van der Waals surface area contributed by atoms with Gasteiger partial charge in [0.15, 0.2) is 5.96 Å². The smallest absolute Gasteiger partial charge is 0.261 e. The van der Waals surface area contributed by atoms with E-state index in [9.17, 15) is 9.59 Å². The number of hydrogen-bond donors (Lipinski definition) is 2. The van der Waals surface area contributed by atoms with Gasteiger partial charge in [-0.1, -0.05) is 25.5 Å². The molecule has 0 aromatic heterocycles. The van der Waals surface area contributed by atoms with Gasteiger partial charge in [-0.2, -0.15) is 0 Å². The van der Waals surface area contributed by atoms with Gasteiger partial charge in [0.25, 0.3) is 11.8 Å². The second kappa shape index (κ2) is 9.81. The first-order chi connectivity index (χ1) is 12.2. The lowest BCUT2D eigenvalue weighted by atomic mass is 10.1. The highest BCUT2D eigenvalue weighted by molar-refractivity contribution is 6.21.